The summed E-state index contributed by atoms with van der Waals surface area (Å²) in [5, 5.41) is 12.8. The summed E-state index contributed by atoms with van der Waals surface area (Å²) in [5.41, 5.74) is 1.78. The number of benzene rings is 1. The summed E-state index contributed by atoms with van der Waals surface area (Å²) >= 11 is 0. The minimum Gasteiger partial charge on any atom is -0.378 e. The van der Waals surface area contributed by atoms with Gasteiger partial charge in [-0.05, 0) is 25.3 Å². The Balaban J connectivity index is 1.96. The van der Waals surface area contributed by atoms with E-state index in [9.17, 15) is 9.90 Å². The number of aliphatic hydroxyl groups is 1. The number of nitrogens with one attached hydrogen (secondary N) is 1. The van der Waals surface area contributed by atoms with Crippen molar-refractivity contribution in [3.63, 3.8) is 0 Å². The molecule has 1 amide bonds. The van der Waals surface area contributed by atoms with Crippen LogP contribution < -0.4 is 5.32 Å². The third kappa shape index (κ3) is 3.07. The molecular formula is C14H19NO2. The predicted octanol–water partition coefficient (Wildman–Crippen LogP) is 2.09. The molecule has 0 spiro atoms. The molecule has 3 nitrogen and oxygen atoms in total. The quantitative estimate of drug-likeness (QED) is 0.839. The van der Waals surface area contributed by atoms with Crippen molar-refractivity contribution in [2.24, 2.45) is 0 Å². The van der Waals surface area contributed by atoms with Crippen molar-refractivity contribution in [1.29, 1.82) is 0 Å². The molecule has 1 aromatic rings. The zero-order chi connectivity index (χ0) is 12.3. The van der Waals surface area contributed by atoms with E-state index in [1.54, 1.807) is 12.1 Å². The zero-order valence-corrected chi connectivity index (χ0v) is 10.1. The Morgan fingerprint density at radius 2 is 1.88 bits per heavy atom. The third-order valence-electron chi connectivity index (χ3n) is 3.34. The van der Waals surface area contributed by atoms with Gasteiger partial charge in [-0.3, -0.25) is 4.79 Å². The summed E-state index contributed by atoms with van der Waals surface area (Å²) in [4.78, 5) is 11.8. The van der Waals surface area contributed by atoms with Crippen LogP contribution in [0.4, 0.5) is 0 Å². The molecule has 2 rings (SSSR count). The van der Waals surface area contributed by atoms with E-state index in [4.69, 9.17) is 0 Å². The Morgan fingerprint density at radius 3 is 2.47 bits per heavy atom. The van der Waals surface area contributed by atoms with Crippen molar-refractivity contribution in [3.05, 3.63) is 35.4 Å². The van der Waals surface area contributed by atoms with Gasteiger partial charge < -0.3 is 10.4 Å². The first-order valence-corrected chi connectivity index (χ1v) is 6.22. The van der Waals surface area contributed by atoms with Crippen LogP contribution in [0.1, 0.15) is 42.9 Å². The van der Waals surface area contributed by atoms with E-state index < -0.39 is 6.10 Å². The lowest BCUT2D eigenvalue weighted by molar-refractivity contribution is -0.130. The molecule has 1 fully saturated rings. The summed E-state index contributed by atoms with van der Waals surface area (Å²) in [6.07, 6.45) is 3.37. The predicted molar refractivity (Wildman–Crippen MR) is 66.5 cm³/mol. The van der Waals surface area contributed by atoms with Gasteiger partial charge in [0.2, 0.25) is 0 Å². The van der Waals surface area contributed by atoms with Crippen LogP contribution in [0.5, 0.6) is 0 Å². The normalized spacial score (nSPS) is 18.0. The van der Waals surface area contributed by atoms with Crippen LogP contribution in [0.3, 0.4) is 0 Å². The molecule has 1 aromatic carbocycles. The van der Waals surface area contributed by atoms with Gasteiger partial charge in [0.05, 0.1) is 0 Å². The molecule has 1 aliphatic carbocycles. The number of hydrogen-bond donors (Lipinski definition) is 2. The highest BCUT2D eigenvalue weighted by Gasteiger charge is 2.22. The lowest BCUT2D eigenvalue weighted by atomic mass is 10.1. The Bertz CT molecular complexity index is 380. The fourth-order valence-electron chi connectivity index (χ4n) is 2.25. The number of amides is 1. The highest BCUT2D eigenvalue weighted by molar-refractivity contribution is 5.82. The Morgan fingerprint density at radius 1 is 1.29 bits per heavy atom. The highest BCUT2D eigenvalue weighted by atomic mass is 16.3. The van der Waals surface area contributed by atoms with E-state index in [-0.39, 0.29) is 11.9 Å². The Labute approximate surface area is 102 Å². The molecule has 0 heterocycles. The van der Waals surface area contributed by atoms with E-state index in [1.165, 1.54) is 12.8 Å². The van der Waals surface area contributed by atoms with Crippen LogP contribution in [0, 0.1) is 6.92 Å². The molecule has 0 aliphatic heterocycles. The number of aryl methyl sites for hydroxylation is 1. The minimum absolute atomic E-state index is 0.252. The molecule has 17 heavy (non-hydrogen) atoms. The first kappa shape index (κ1) is 12.1. The van der Waals surface area contributed by atoms with Gasteiger partial charge in [-0.25, -0.2) is 0 Å². The standard InChI is InChI=1S/C14H19NO2/c1-10-6-8-11(9-7-10)13(16)14(17)15-12-4-2-3-5-12/h6-9,12-13,16H,2-5H2,1H3,(H,15,17). The average Bonchev–Trinajstić information content (AvgIpc) is 2.82. The summed E-state index contributed by atoms with van der Waals surface area (Å²) in [6.45, 7) is 1.98. The lowest BCUT2D eigenvalue weighted by Gasteiger charge is -2.16. The smallest absolute Gasteiger partial charge is 0.253 e. The second-order valence-corrected chi connectivity index (χ2v) is 4.80. The summed E-state index contributed by atoms with van der Waals surface area (Å²) in [5.74, 6) is -0.277. The number of carbonyl (C=O) groups excluding carboxylic acids is 1. The highest BCUT2D eigenvalue weighted by Crippen LogP contribution is 2.19. The summed E-state index contributed by atoms with van der Waals surface area (Å²) in [6, 6.07) is 7.66. The van der Waals surface area contributed by atoms with Crippen molar-refractivity contribution >= 4 is 5.91 Å². The van der Waals surface area contributed by atoms with Crippen LogP contribution in [-0.4, -0.2) is 17.1 Å². The number of carbonyl (C=O) groups is 1. The van der Waals surface area contributed by atoms with E-state index >= 15 is 0 Å². The van der Waals surface area contributed by atoms with Crippen molar-refractivity contribution in [1.82, 2.24) is 5.32 Å². The van der Waals surface area contributed by atoms with Gasteiger partial charge in [0.25, 0.3) is 5.91 Å². The molecule has 2 N–H and O–H groups in total. The maximum absolute atomic E-state index is 11.8. The van der Waals surface area contributed by atoms with Crippen LogP contribution in [0.15, 0.2) is 24.3 Å². The van der Waals surface area contributed by atoms with Crippen molar-refractivity contribution < 1.29 is 9.90 Å². The second-order valence-electron chi connectivity index (χ2n) is 4.80. The van der Waals surface area contributed by atoms with Gasteiger partial charge in [-0.15, -0.1) is 0 Å². The lowest BCUT2D eigenvalue weighted by Crippen LogP contribution is -2.36. The molecule has 0 radical (unpaired) electrons. The van der Waals surface area contributed by atoms with Gasteiger partial charge in [-0.2, -0.15) is 0 Å². The van der Waals surface area contributed by atoms with E-state index in [2.05, 4.69) is 5.32 Å². The van der Waals surface area contributed by atoms with Gasteiger partial charge >= 0.3 is 0 Å². The number of hydrogen-bond acceptors (Lipinski definition) is 2. The third-order valence-corrected chi connectivity index (χ3v) is 3.34. The molecule has 1 unspecified atom stereocenters. The van der Waals surface area contributed by atoms with E-state index in [0.29, 0.717) is 5.56 Å². The van der Waals surface area contributed by atoms with E-state index in [1.807, 2.05) is 19.1 Å². The van der Waals surface area contributed by atoms with Gasteiger partial charge in [0, 0.05) is 6.04 Å². The summed E-state index contributed by atoms with van der Waals surface area (Å²) < 4.78 is 0. The van der Waals surface area contributed by atoms with Crippen LogP contribution in [-0.2, 0) is 4.79 Å². The van der Waals surface area contributed by atoms with E-state index in [0.717, 1.165) is 18.4 Å². The summed E-state index contributed by atoms with van der Waals surface area (Å²) in [7, 11) is 0. The van der Waals surface area contributed by atoms with Crippen LogP contribution in [0.2, 0.25) is 0 Å². The average molecular weight is 233 g/mol. The Kier molecular flexibility index (Phi) is 3.79. The zero-order valence-electron chi connectivity index (χ0n) is 10.1. The molecule has 1 atom stereocenters. The monoisotopic (exact) mass is 233 g/mol. The minimum atomic E-state index is -1.05. The number of aliphatic hydroxyl groups excluding tert-OH is 1. The fourth-order valence-corrected chi connectivity index (χ4v) is 2.25. The van der Waals surface area contributed by atoms with Gasteiger partial charge in [0.1, 0.15) is 0 Å². The molecule has 1 saturated carbocycles. The maximum atomic E-state index is 11.8. The van der Waals surface area contributed by atoms with Gasteiger partial charge in [-0.1, -0.05) is 42.7 Å². The molecule has 92 valence electrons. The fraction of sp³-hybridized carbons (Fsp3) is 0.500. The SMILES string of the molecule is Cc1ccc(C(O)C(=O)NC2CCCC2)cc1. The number of rotatable bonds is 3. The molecule has 0 aromatic heterocycles. The van der Waals surface area contributed by atoms with Crippen LogP contribution in [0.25, 0.3) is 0 Å². The first-order valence-electron chi connectivity index (χ1n) is 6.22. The van der Waals surface area contributed by atoms with Crippen LogP contribution >= 0.6 is 0 Å². The molecule has 0 bridgehead atoms. The Hall–Kier alpha value is -1.35. The van der Waals surface area contributed by atoms with Gasteiger partial charge in [0.15, 0.2) is 6.10 Å². The molecular weight excluding hydrogens is 214 g/mol. The molecule has 1 aliphatic rings. The molecule has 3 heteroatoms. The van der Waals surface area contributed by atoms with Crippen molar-refractivity contribution in [3.8, 4) is 0 Å². The molecule has 0 saturated heterocycles. The maximum Gasteiger partial charge on any atom is 0.253 e. The second kappa shape index (κ2) is 5.32. The first-order chi connectivity index (χ1) is 8.16. The van der Waals surface area contributed by atoms with Crippen molar-refractivity contribution in [2.45, 2.75) is 44.8 Å². The topological polar surface area (TPSA) is 49.3 Å². The van der Waals surface area contributed by atoms with Crippen molar-refractivity contribution in [2.75, 3.05) is 0 Å². The largest absolute Gasteiger partial charge is 0.378 e.